The molecule has 0 bridgehead atoms. The van der Waals surface area contributed by atoms with Gasteiger partial charge < -0.3 is 16.4 Å². The third-order valence-corrected chi connectivity index (χ3v) is 5.28. The lowest BCUT2D eigenvalue weighted by molar-refractivity contribution is -0.123. The topological polar surface area (TPSA) is 67.1 Å². The van der Waals surface area contributed by atoms with E-state index in [9.17, 15) is 4.79 Å². The maximum atomic E-state index is 12.3. The highest BCUT2D eigenvalue weighted by Crippen LogP contribution is 2.47. The van der Waals surface area contributed by atoms with Gasteiger partial charge in [-0.25, -0.2) is 0 Å². The van der Waals surface area contributed by atoms with Crippen molar-refractivity contribution in [3.05, 3.63) is 0 Å². The third-order valence-electron chi connectivity index (χ3n) is 5.28. The van der Waals surface area contributed by atoms with Gasteiger partial charge >= 0.3 is 0 Å². The van der Waals surface area contributed by atoms with Crippen LogP contribution in [0.25, 0.3) is 0 Å². The highest BCUT2D eigenvalue weighted by atomic mass is 16.2. The number of hydrogen-bond donors (Lipinski definition) is 3. The van der Waals surface area contributed by atoms with Gasteiger partial charge in [-0.15, -0.1) is 0 Å². The molecule has 0 aromatic carbocycles. The molecule has 3 fully saturated rings. The highest BCUT2D eigenvalue weighted by molar-refractivity contribution is 5.81. The first-order chi connectivity index (χ1) is 9.24. The van der Waals surface area contributed by atoms with Crippen molar-refractivity contribution in [3.63, 3.8) is 0 Å². The number of hydrogen-bond acceptors (Lipinski definition) is 3. The summed E-state index contributed by atoms with van der Waals surface area (Å²) in [6, 6.07) is 0.748. The maximum absolute atomic E-state index is 12.3. The number of nitrogens with one attached hydrogen (secondary N) is 2. The molecule has 1 saturated heterocycles. The number of amides is 1. The lowest BCUT2D eigenvalue weighted by atomic mass is 9.90. The molecule has 2 aliphatic carbocycles. The average Bonchev–Trinajstić information content (AvgIpc) is 3.23. The fourth-order valence-electron chi connectivity index (χ4n) is 3.88. The first kappa shape index (κ1) is 13.4. The van der Waals surface area contributed by atoms with Crippen LogP contribution in [-0.4, -0.2) is 31.1 Å². The van der Waals surface area contributed by atoms with Crippen molar-refractivity contribution in [1.29, 1.82) is 0 Å². The molecule has 0 aromatic heterocycles. The van der Waals surface area contributed by atoms with Crippen LogP contribution < -0.4 is 16.4 Å². The average molecular weight is 265 g/mol. The summed E-state index contributed by atoms with van der Waals surface area (Å²) >= 11 is 0. The smallest absolute Gasteiger partial charge is 0.223 e. The predicted molar refractivity (Wildman–Crippen MR) is 75.6 cm³/mol. The van der Waals surface area contributed by atoms with Gasteiger partial charge in [-0.2, -0.15) is 0 Å². The third kappa shape index (κ3) is 3.29. The summed E-state index contributed by atoms with van der Waals surface area (Å²) in [5, 5.41) is 6.66. The van der Waals surface area contributed by atoms with Gasteiger partial charge in [0.25, 0.3) is 0 Å². The normalized spacial score (nSPS) is 39.8. The fourth-order valence-corrected chi connectivity index (χ4v) is 3.88. The summed E-state index contributed by atoms with van der Waals surface area (Å²) in [6.45, 7) is 2.27. The van der Waals surface area contributed by atoms with E-state index in [1.54, 1.807) is 0 Å². The molecular formula is C15H27N3O. The largest absolute Gasteiger partial charge is 0.353 e. The monoisotopic (exact) mass is 265 g/mol. The van der Waals surface area contributed by atoms with Crippen LogP contribution in [0.3, 0.4) is 0 Å². The molecule has 19 heavy (non-hydrogen) atoms. The van der Waals surface area contributed by atoms with Crippen molar-refractivity contribution < 1.29 is 4.79 Å². The Morgan fingerprint density at radius 3 is 2.42 bits per heavy atom. The van der Waals surface area contributed by atoms with Crippen molar-refractivity contribution in [2.75, 3.05) is 13.1 Å². The van der Waals surface area contributed by atoms with Gasteiger partial charge in [0.2, 0.25) is 5.91 Å². The summed E-state index contributed by atoms with van der Waals surface area (Å²) in [7, 11) is 0. The van der Waals surface area contributed by atoms with E-state index in [1.807, 2.05) is 0 Å². The molecule has 0 unspecified atom stereocenters. The van der Waals surface area contributed by atoms with E-state index in [4.69, 9.17) is 5.73 Å². The van der Waals surface area contributed by atoms with E-state index < -0.39 is 0 Å². The summed E-state index contributed by atoms with van der Waals surface area (Å²) in [5.74, 6) is 2.10. The predicted octanol–water partition coefficient (Wildman–Crippen LogP) is 1.01. The highest BCUT2D eigenvalue weighted by Gasteiger charge is 2.47. The van der Waals surface area contributed by atoms with E-state index in [-0.39, 0.29) is 0 Å². The summed E-state index contributed by atoms with van der Waals surface area (Å²) < 4.78 is 0. The minimum atomic E-state index is 0.318. The molecule has 108 valence electrons. The van der Waals surface area contributed by atoms with Gasteiger partial charge in [-0.1, -0.05) is 0 Å². The molecule has 4 N–H and O–H groups in total. The second-order valence-corrected chi connectivity index (χ2v) is 6.71. The first-order valence-electron chi connectivity index (χ1n) is 8.00. The van der Waals surface area contributed by atoms with Crippen molar-refractivity contribution in [1.82, 2.24) is 10.6 Å². The molecular weight excluding hydrogens is 238 g/mol. The number of piperidine rings is 1. The van der Waals surface area contributed by atoms with E-state index in [1.165, 1.54) is 12.8 Å². The lowest BCUT2D eigenvalue weighted by Crippen LogP contribution is -2.41. The van der Waals surface area contributed by atoms with Crippen LogP contribution in [0, 0.1) is 17.8 Å². The van der Waals surface area contributed by atoms with Crippen LogP contribution in [0.1, 0.15) is 44.9 Å². The first-order valence-corrected chi connectivity index (χ1v) is 8.00. The molecule has 4 heteroatoms. The Bertz CT molecular complexity index is 319. The lowest BCUT2D eigenvalue weighted by Gasteiger charge is -2.27. The van der Waals surface area contributed by atoms with Gasteiger partial charge in [-0.05, 0) is 69.9 Å². The van der Waals surface area contributed by atoms with Crippen LogP contribution in [0.4, 0.5) is 0 Å². The second-order valence-electron chi connectivity index (χ2n) is 6.71. The van der Waals surface area contributed by atoms with Crippen molar-refractivity contribution in [3.8, 4) is 0 Å². The van der Waals surface area contributed by atoms with Gasteiger partial charge in [0.1, 0.15) is 0 Å². The molecule has 2 atom stereocenters. The van der Waals surface area contributed by atoms with Gasteiger partial charge in [0, 0.05) is 18.0 Å². The van der Waals surface area contributed by atoms with Crippen LogP contribution in [-0.2, 0) is 4.79 Å². The fraction of sp³-hybridized carbons (Fsp3) is 0.933. The molecule has 3 aliphatic rings. The number of carbonyl (C=O) groups is 1. The summed E-state index contributed by atoms with van der Waals surface area (Å²) in [5.41, 5.74) is 5.90. The Balaban J connectivity index is 1.42. The minimum Gasteiger partial charge on any atom is -0.353 e. The Morgan fingerprint density at radius 2 is 1.74 bits per heavy atom. The van der Waals surface area contributed by atoms with Crippen molar-refractivity contribution in [2.45, 2.75) is 57.0 Å². The zero-order chi connectivity index (χ0) is 13.2. The Hall–Kier alpha value is -0.610. The molecule has 0 spiro atoms. The van der Waals surface area contributed by atoms with Gasteiger partial charge in [-0.3, -0.25) is 4.79 Å². The standard InChI is InChI=1S/C15H27N3O/c16-11-1-3-12(4-2-11)18-15(19)14-9-13(14)10-5-7-17-8-6-10/h10-14,17H,1-9,16H2,(H,18,19)/t11?,12?,13-,14+/m0/s1. The molecule has 2 saturated carbocycles. The Morgan fingerprint density at radius 1 is 1.05 bits per heavy atom. The van der Waals surface area contributed by atoms with E-state index in [0.717, 1.165) is 51.1 Å². The molecule has 0 radical (unpaired) electrons. The quantitative estimate of drug-likeness (QED) is 0.713. The van der Waals surface area contributed by atoms with E-state index in [0.29, 0.717) is 29.8 Å². The zero-order valence-electron chi connectivity index (χ0n) is 11.7. The van der Waals surface area contributed by atoms with Crippen LogP contribution >= 0.6 is 0 Å². The summed E-state index contributed by atoms with van der Waals surface area (Å²) in [6.07, 6.45) is 7.90. The van der Waals surface area contributed by atoms with Crippen LogP contribution in [0.15, 0.2) is 0 Å². The zero-order valence-corrected chi connectivity index (χ0v) is 11.7. The summed E-state index contributed by atoms with van der Waals surface area (Å²) in [4.78, 5) is 12.3. The van der Waals surface area contributed by atoms with Gasteiger partial charge in [0.05, 0.1) is 0 Å². The second kappa shape index (κ2) is 5.80. The Labute approximate surface area is 115 Å². The number of nitrogens with two attached hydrogens (primary N) is 1. The maximum Gasteiger partial charge on any atom is 0.223 e. The molecule has 4 nitrogen and oxygen atoms in total. The van der Waals surface area contributed by atoms with E-state index >= 15 is 0 Å². The molecule has 1 amide bonds. The number of carbonyl (C=O) groups excluding carboxylic acids is 1. The minimum absolute atomic E-state index is 0.318. The van der Waals surface area contributed by atoms with Crippen molar-refractivity contribution >= 4 is 5.91 Å². The molecule has 1 aliphatic heterocycles. The SMILES string of the molecule is NC1CCC(NC(=O)[C@@H]2C[C@H]2C2CCNCC2)CC1. The van der Waals surface area contributed by atoms with Crippen molar-refractivity contribution in [2.24, 2.45) is 23.5 Å². The number of rotatable bonds is 3. The molecule has 1 heterocycles. The molecule has 0 aromatic rings. The Kier molecular flexibility index (Phi) is 4.08. The van der Waals surface area contributed by atoms with Crippen LogP contribution in [0.2, 0.25) is 0 Å². The van der Waals surface area contributed by atoms with Crippen LogP contribution in [0.5, 0.6) is 0 Å². The van der Waals surface area contributed by atoms with E-state index in [2.05, 4.69) is 10.6 Å². The molecule has 3 rings (SSSR count). The van der Waals surface area contributed by atoms with Gasteiger partial charge in [0.15, 0.2) is 0 Å².